The molecule has 0 aromatic heterocycles. The standard InChI is InChI=1S/C32H62N6O14/c1-31(2)16-24(38-30(44)50-20-25(40)19-49-27(41)35-6-10-47-14-12-45-8-4-33)17-32(3,22-31)23-37-28(42)51-21-26(18-39)52-29(43)36-7-11-48-15-13-46-9-5-34/h24-26,39-40H,4-23,33-34H2,1-3H3,(H,35,41)(H,36,43)(H,37,42)(H,38,44). The van der Waals surface area contributed by atoms with Crippen molar-refractivity contribution in [2.45, 2.75) is 58.3 Å². The van der Waals surface area contributed by atoms with E-state index in [1.807, 2.05) is 6.92 Å². The van der Waals surface area contributed by atoms with E-state index in [2.05, 4.69) is 35.1 Å². The minimum atomic E-state index is -1.24. The van der Waals surface area contributed by atoms with Crippen molar-refractivity contribution in [3.05, 3.63) is 0 Å². The molecule has 4 amide bonds. The Kier molecular flexibility index (Phi) is 24.6. The van der Waals surface area contributed by atoms with E-state index in [0.717, 1.165) is 6.42 Å². The molecule has 0 aromatic carbocycles. The number of hydrogen-bond donors (Lipinski definition) is 8. The number of nitrogens with two attached hydrogens (primary N) is 2. The highest BCUT2D eigenvalue weighted by Crippen LogP contribution is 2.45. The molecule has 1 saturated carbocycles. The van der Waals surface area contributed by atoms with Gasteiger partial charge >= 0.3 is 24.4 Å². The van der Waals surface area contributed by atoms with Gasteiger partial charge in [-0.1, -0.05) is 20.8 Å². The average molecular weight is 755 g/mol. The first-order chi connectivity index (χ1) is 24.8. The summed E-state index contributed by atoms with van der Waals surface area (Å²) >= 11 is 0. The molecule has 52 heavy (non-hydrogen) atoms. The van der Waals surface area contributed by atoms with E-state index < -0.39 is 55.2 Å². The Hall–Kier alpha value is -3.24. The van der Waals surface area contributed by atoms with Crippen LogP contribution in [0.3, 0.4) is 0 Å². The molecule has 20 heteroatoms. The zero-order valence-electron chi connectivity index (χ0n) is 30.8. The van der Waals surface area contributed by atoms with E-state index in [4.69, 9.17) is 49.4 Å². The Labute approximate surface area is 305 Å². The van der Waals surface area contributed by atoms with Gasteiger partial charge in [0.15, 0.2) is 6.10 Å². The Morgan fingerprint density at radius 3 is 1.75 bits per heavy atom. The van der Waals surface area contributed by atoms with Crippen molar-refractivity contribution in [1.29, 1.82) is 0 Å². The van der Waals surface area contributed by atoms with E-state index in [-0.39, 0.29) is 57.5 Å². The number of nitrogens with one attached hydrogen (secondary N) is 4. The predicted molar refractivity (Wildman–Crippen MR) is 185 cm³/mol. The summed E-state index contributed by atoms with van der Waals surface area (Å²) in [7, 11) is 0. The van der Waals surface area contributed by atoms with Crippen molar-refractivity contribution in [2.75, 3.05) is 112 Å². The summed E-state index contributed by atoms with van der Waals surface area (Å²) in [6.07, 6.45) is -3.49. The summed E-state index contributed by atoms with van der Waals surface area (Å²) in [4.78, 5) is 48.9. The van der Waals surface area contributed by atoms with Crippen LogP contribution in [0.4, 0.5) is 19.2 Å². The van der Waals surface area contributed by atoms with E-state index in [9.17, 15) is 29.4 Å². The quantitative estimate of drug-likeness (QED) is 0.0376. The van der Waals surface area contributed by atoms with Gasteiger partial charge in [0.2, 0.25) is 0 Å². The summed E-state index contributed by atoms with van der Waals surface area (Å²) in [5.41, 5.74) is 10.0. The average Bonchev–Trinajstić information content (AvgIpc) is 3.08. The second-order valence-electron chi connectivity index (χ2n) is 13.3. The Balaban J connectivity index is 2.34. The number of rotatable bonds is 27. The number of carbonyl (C=O) groups is 4. The highest BCUT2D eigenvalue weighted by Gasteiger charge is 2.42. The fourth-order valence-corrected chi connectivity index (χ4v) is 5.61. The molecular weight excluding hydrogens is 692 g/mol. The second-order valence-corrected chi connectivity index (χ2v) is 13.3. The summed E-state index contributed by atoms with van der Waals surface area (Å²) in [5.74, 6) is 0. The first-order valence-electron chi connectivity index (χ1n) is 17.5. The van der Waals surface area contributed by atoms with Gasteiger partial charge in [-0.25, -0.2) is 19.2 Å². The molecule has 0 spiro atoms. The Bertz CT molecular complexity index is 1010. The van der Waals surface area contributed by atoms with Gasteiger partial charge in [-0.2, -0.15) is 0 Å². The minimum absolute atomic E-state index is 0.167. The number of amides is 4. The van der Waals surface area contributed by atoms with Crippen LogP contribution in [0.15, 0.2) is 0 Å². The molecule has 0 aliphatic heterocycles. The van der Waals surface area contributed by atoms with E-state index >= 15 is 0 Å². The van der Waals surface area contributed by atoms with Crippen LogP contribution in [0.5, 0.6) is 0 Å². The number of aliphatic hydroxyl groups excluding tert-OH is 2. The number of aliphatic hydroxyl groups is 2. The number of hydrogen-bond acceptors (Lipinski definition) is 16. The van der Waals surface area contributed by atoms with Crippen LogP contribution in [0.25, 0.3) is 0 Å². The van der Waals surface area contributed by atoms with Crippen molar-refractivity contribution in [3.8, 4) is 0 Å². The van der Waals surface area contributed by atoms with Gasteiger partial charge in [0.1, 0.15) is 25.9 Å². The Morgan fingerprint density at radius 2 is 1.19 bits per heavy atom. The van der Waals surface area contributed by atoms with Crippen molar-refractivity contribution in [2.24, 2.45) is 22.3 Å². The number of alkyl carbamates (subject to hydrolysis) is 4. The molecular formula is C32H62N6O14. The van der Waals surface area contributed by atoms with Gasteiger partial charge in [-0.3, -0.25) is 0 Å². The molecule has 10 N–H and O–H groups in total. The fraction of sp³-hybridized carbons (Fsp3) is 0.875. The lowest BCUT2D eigenvalue weighted by Gasteiger charge is -2.46. The van der Waals surface area contributed by atoms with Crippen LogP contribution >= 0.6 is 0 Å². The summed E-state index contributed by atoms with van der Waals surface area (Å²) in [6.45, 7) is 8.65. The van der Waals surface area contributed by atoms with Gasteiger partial charge in [0.05, 0.1) is 59.5 Å². The van der Waals surface area contributed by atoms with Gasteiger partial charge < -0.3 is 80.8 Å². The zero-order valence-corrected chi connectivity index (χ0v) is 30.8. The molecule has 1 fully saturated rings. The SMILES string of the molecule is CC1(C)CC(NC(=O)OCC(O)COC(=O)NCCOCCOCCN)CC(C)(CNC(=O)OCC(CO)OC(=O)NCCOCCOCCN)C1. The summed E-state index contributed by atoms with van der Waals surface area (Å²) < 4.78 is 41.3. The number of carbonyl (C=O) groups excluding carboxylic acids is 4. The van der Waals surface area contributed by atoms with Crippen LogP contribution in [0.1, 0.15) is 40.0 Å². The Morgan fingerprint density at radius 1 is 0.692 bits per heavy atom. The van der Waals surface area contributed by atoms with E-state index in [1.165, 1.54) is 0 Å². The largest absolute Gasteiger partial charge is 0.447 e. The zero-order chi connectivity index (χ0) is 38.7. The molecule has 4 unspecified atom stereocenters. The minimum Gasteiger partial charge on any atom is -0.447 e. The van der Waals surface area contributed by atoms with Crippen LogP contribution in [0.2, 0.25) is 0 Å². The number of ether oxygens (including phenoxy) is 8. The van der Waals surface area contributed by atoms with Gasteiger partial charge in [0.25, 0.3) is 0 Å². The van der Waals surface area contributed by atoms with Crippen molar-refractivity contribution in [1.82, 2.24) is 21.3 Å². The molecule has 1 aliphatic carbocycles. The third-order valence-corrected chi connectivity index (χ3v) is 7.42. The van der Waals surface area contributed by atoms with Crippen LogP contribution in [-0.4, -0.2) is 165 Å². The molecule has 1 aliphatic rings. The maximum Gasteiger partial charge on any atom is 0.407 e. The molecule has 304 valence electrons. The summed E-state index contributed by atoms with van der Waals surface area (Å²) in [5, 5.41) is 30.2. The highest BCUT2D eigenvalue weighted by atomic mass is 16.6. The third-order valence-electron chi connectivity index (χ3n) is 7.42. The maximum absolute atomic E-state index is 12.6. The first-order valence-corrected chi connectivity index (χ1v) is 17.5. The topological polar surface area (TPSA) is 283 Å². The van der Waals surface area contributed by atoms with Gasteiger partial charge in [0, 0.05) is 38.8 Å². The molecule has 0 radical (unpaired) electrons. The fourth-order valence-electron chi connectivity index (χ4n) is 5.61. The molecule has 4 atom stereocenters. The van der Waals surface area contributed by atoms with Crippen LogP contribution in [-0.2, 0) is 37.9 Å². The second kappa shape index (κ2) is 27.4. The molecule has 0 bridgehead atoms. The van der Waals surface area contributed by atoms with E-state index in [0.29, 0.717) is 65.6 Å². The molecule has 20 nitrogen and oxygen atoms in total. The lowest BCUT2D eigenvalue weighted by Crippen LogP contribution is -2.50. The lowest BCUT2D eigenvalue weighted by molar-refractivity contribution is 0.01000. The molecule has 0 saturated heterocycles. The van der Waals surface area contributed by atoms with E-state index in [1.54, 1.807) is 0 Å². The molecule has 0 aromatic rings. The summed E-state index contributed by atoms with van der Waals surface area (Å²) in [6, 6.07) is -0.298. The smallest absolute Gasteiger partial charge is 0.407 e. The van der Waals surface area contributed by atoms with Crippen molar-refractivity contribution in [3.63, 3.8) is 0 Å². The van der Waals surface area contributed by atoms with Crippen LogP contribution < -0.4 is 32.7 Å². The van der Waals surface area contributed by atoms with Crippen molar-refractivity contribution >= 4 is 24.4 Å². The molecule has 0 heterocycles. The maximum atomic E-state index is 12.6. The molecule has 1 rings (SSSR count). The van der Waals surface area contributed by atoms with Crippen molar-refractivity contribution < 1.29 is 67.3 Å². The normalized spacial score (nSPS) is 19.1. The highest BCUT2D eigenvalue weighted by molar-refractivity contribution is 5.69. The third kappa shape index (κ3) is 24.1. The van der Waals surface area contributed by atoms with Gasteiger partial charge in [-0.05, 0) is 30.1 Å². The van der Waals surface area contributed by atoms with Gasteiger partial charge in [-0.15, -0.1) is 0 Å². The monoisotopic (exact) mass is 754 g/mol. The predicted octanol–water partition coefficient (Wildman–Crippen LogP) is -0.818. The van der Waals surface area contributed by atoms with Crippen LogP contribution in [0, 0.1) is 10.8 Å². The lowest BCUT2D eigenvalue weighted by atomic mass is 9.62. The first kappa shape index (κ1) is 46.8.